The third kappa shape index (κ3) is 6.08. The Hall–Kier alpha value is -0.0300. The first-order valence-electron chi connectivity index (χ1n) is 9.05. The van der Waals surface area contributed by atoms with Gasteiger partial charge >= 0.3 is 0 Å². The molecule has 3 rings (SSSR count). The summed E-state index contributed by atoms with van der Waals surface area (Å²) in [5.41, 5.74) is 0. The van der Waals surface area contributed by atoms with E-state index in [2.05, 4.69) is 15.1 Å². The predicted octanol–water partition coefficient (Wildman–Crippen LogP) is 2.55. The largest absolute Gasteiger partial charge is 0.340 e. The zero-order valence-electron chi connectivity index (χ0n) is 14.2. The van der Waals surface area contributed by atoms with Gasteiger partial charge in [0.2, 0.25) is 5.91 Å². The van der Waals surface area contributed by atoms with Crippen molar-refractivity contribution < 1.29 is 4.79 Å². The molecule has 23 heavy (non-hydrogen) atoms. The minimum absolute atomic E-state index is 0. The van der Waals surface area contributed by atoms with Gasteiger partial charge in [0.15, 0.2) is 0 Å². The fraction of sp³-hybridized carbons (Fsp3) is 0.941. The van der Waals surface area contributed by atoms with Crippen molar-refractivity contribution in [1.82, 2.24) is 15.1 Å². The summed E-state index contributed by atoms with van der Waals surface area (Å²) < 4.78 is 0. The van der Waals surface area contributed by atoms with Crippen molar-refractivity contribution in [3.8, 4) is 0 Å². The van der Waals surface area contributed by atoms with Gasteiger partial charge in [0, 0.05) is 39.3 Å². The Balaban J connectivity index is 0.00000132. The lowest BCUT2D eigenvalue weighted by molar-refractivity contribution is -0.137. The molecule has 1 unspecified atom stereocenters. The number of amides is 1. The lowest BCUT2D eigenvalue weighted by Gasteiger charge is -2.39. The minimum atomic E-state index is 0. The molecule has 136 valence electrons. The Morgan fingerprint density at radius 3 is 2.22 bits per heavy atom. The zero-order valence-corrected chi connectivity index (χ0v) is 15.8. The molecule has 0 aromatic rings. The first kappa shape index (κ1) is 21.0. The van der Waals surface area contributed by atoms with Gasteiger partial charge in [-0.1, -0.05) is 19.3 Å². The number of piperazine rings is 1. The van der Waals surface area contributed by atoms with E-state index < -0.39 is 0 Å². The van der Waals surface area contributed by atoms with Crippen molar-refractivity contribution in [3.63, 3.8) is 0 Å². The number of carbonyl (C=O) groups is 1. The summed E-state index contributed by atoms with van der Waals surface area (Å²) in [6, 6.07) is 0. The maximum Gasteiger partial charge on any atom is 0.227 e. The van der Waals surface area contributed by atoms with Gasteiger partial charge in [0.1, 0.15) is 0 Å². The molecule has 1 atom stereocenters. The quantitative estimate of drug-likeness (QED) is 0.834. The molecule has 4 nitrogen and oxygen atoms in total. The third-order valence-corrected chi connectivity index (χ3v) is 5.57. The molecule has 1 amide bonds. The maximum absolute atomic E-state index is 12.5. The number of carbonyl (C=O) groups excluding carboxylic acids is 1. The van der Waals surface area contributed by atoms with Crippen LogP contribution in [0.1, 0.15) is 44.9 Å². The highest BCUT2D eigenvalue weighted by Crippen LogP contribution is 2.25. The Kier molecular flexibility index (Phi) is 9.83. The molecule has 2 aliphatic heterocycles. The van der Waals surface area contributed by atoms with Crippen LogP contribution in [-0.4, -0.2) is 61.5 Å². The molecule has 1 saturated carbocycles. The van der Waals surface area contributed by atoms with Crippen molar-refractivity contribution in [2.45, 2.75) is 44.9 Å². The van der Waals surface area contributed by atoms with E-state index >= 15 is 0 Å². The van der Waals surface area contributed by atoms with Crippen molar-refractivity contribution >= 4 is 30.7 Å². The molecule has 0 spiro atoms. The van der Waals surface area contributed by atoms with Crippen LogP contribution in [0.15, 0.2) is 0 Å². The topological polar surface area (TPSA) is 35.6 Å². The number of halogens is 2. The summed E-state index contributed by atoms with van der Waals surface area (Å²) in [5, 5.41) is 3.36. The standard InChI is InChI=1S/C17H31N3O.2ClH/c21-17(16-7-4-8-18-13-16)20-11-9-19(10-12-20)14-15-5-2-1-3-6-15;;/h15-16,18H,1-14H2;2*1H. The Bertz CT molecular complexity index is 337. The Morgan fingerprint density at radius 1 is 0.913 bits per heavy atom. The summed E-state index contributed by atoms with van der Waals surface area (Å²) >= 11 is 0. The average Bonchev–Trinajstić information content (AvgIpc) is 2.57. The van der Waals surface area contributed by atoms with Gasteiger partial charge in [-0.25, -0.2) is 0 Å². The van der Waals surface area contributed by atoms with E-state index in [0.29, 0.717) is 5.91 Å². The fourth-order valence-corrected chi connectivity index (χ4v) is 4.21. The van der Waals surface area contributed by atoms with Crippen LogP contribution in [0, 0.1) is 11.8 Å². The summed E-state index contributed by atoms with van der Waals surface area (Å²) in [5.74, 6) is 1.56. The van der Waals surface area contributed by atoms with Crippen molar-refractivity contribution in [2.24, 2.45) is 11.8 Å². The lowest BCUT2D eigenvalue weighted by atomic mass is 9.89. The molecular weight excluding hydrogens is 333 g/mol. The van der Waals surface area contributed by atoms with Crippen LogP contribution in [0.5, 0.6) is 0 Å². The zero-order chi connectivity index (χ0) is 14.5. The fourth-order valence-electron chi connectivity index (χ4n) is 4.21. The Morgan fingerprint density at radius 2 is 1.61 bits per heavy atom. The second-order valence-corrected chi connectivity index (χ2v) is 7.17. The minimum Gasteiger partial charge on any atom is -0.340 e. The predicted molar refractivity (Wildman–Crippen MR) is 99.7 cm³/mol. The molecule has 1 N–H and O–H groups in total. The lowest BCUT2D eigenvalue weighted by Crippen LogP contribution is -2.52. The molecule has 0 aromatic carbocycles. The first-order chi connectivity index (χ1) is 10.3. The van der Waals surface area contributed by atoms with Crippen molar-refractivity contribution in [1.29, 1.82) is 0 Å². The van der Waals surface area contributed by atoms with Crippen molar-refractivity contribution in [3.05, 3.63) is 0 Å². The van der Waals surface area contributed by atoms with Gasteiger partial charge in [-0.3, -0.25) is 9.69 Å². The second kappa shape index (κ2) is 10.8. The summed E-state index contributed by atoms with van der Waals surface area (Å²) in [4.78, 5) is 17.2. The van der Waals surface area contributed by atoms with Gasteiger partial charge in [-0.15, -0.1) is 24.8 Å². The molecule has 1 aliphatic carbocycles. The SMILES string of the molecule is Cl.Cl.O=C(C1CCCNC1)N1CCN(CC2CCCCC2)CC1. The third-order valence-electron chi connectivity index (χ3n) is 5.57. The number of hydrogen-bond acceptors (Lipinski definition) is 3. The number of nitrogens with zero attached hydrogens (tertiary/aromatic N) is 2. The van der Waals surface area contributed by atoms with Gasteiger partial charge in [0.05, 0.1) is 5.92 Å². The molecule has 2 heterocycles. The highest BCUT2D eigenvalue weighted by atomic mass is 35.5. The maximum atomic E-state index is 12.5. The summed E-state index contributed by atoms with van der Waals surface area (Å²) in [6.07, 6.45) is 9.37. The van der Waals surface area contributed by atoms with E-state index in [9.17, 15) is 4.79 Å². The first-order valence-corrected chi connectivity index (χ1v) is 9.05. The normalized spacial score (nSPS) is 27.0. The number of hydrogen-bond donors (Lipinski definition) is 1. The van der Waals surface area contributed by atoms with Gasteiger partial charge in [0.25, 0.3) is 0 Å². The molecule has 3 aliphatic rings. The van der Waals surface area contributed by atoms with Crippen LogP contribution in [-0.2, 0) is 4.79 Å². The molecule has 2 saturated heterocycles. The molecule has 6 heteroatoms. The monoisotopic (exact) mass is 365 g/mol. The van der Waals surface area contributed by atoms with Gasteiger partial charge in [-0.2, -0.15) is 0 Å². The van der Waals surface area contributed by atoms with Crippen LogP contribution >= 0.6 is 24.8 Å². The van der Waals surface area contributed by atoms with Crippen molar-refractivity contribution in [2.75, 3.05) is 45.8 Å². The highest BCUT2D eigenvalue weighted by molar-refractivity contribution is 5.85. The summed E-state index contributed by atoms with van der Waals surface area (Å²) in [7, 11) is 0. The number of nitrogens with one attached hydrogen (secondary N) is 1. The van der Waals surface area contributed by atoms with Crippen LogP contribution in [0.4, 0.5) is 0 Å². The smallest absolute Gasteiger partial charge is 0.227 e. The van der Waals surface area contributed by atoms with E-state index in [4.69, 9.17) is 0 Å². The Labute approximate surface area is 153 Å². The molecular formula is C17H33Cl2N3O. The van der Waals surface area contributed by atoms with Gasteiger partial charge in [-0.05, 0) is 38.1 Å². The number of rotatable bonds is 3. The van der Waals surface area contributed by atoms with E-state index in [1.54, 1.807) is 0 Å². The summed E-state index contributed by atoms with van der Waals surface area (Å²) in [6.45, 7) is 7.31. The van der Waals surface area contributed by atoms with Crippen LogP contribution < -0.4 is 5.32 Å². The average molecular weight is 366 g/mol. The molecule has 0 bridgehead atoms. The van der Waals surface area contributed by atoms with E-state index in [1.165, 1.54) is 38.6 Å². The van der Waals surface area contributed by atoms with E-state index in [-0.39, 0.29) is 30.7 Å². The van der Waals surface area contributed by atoms with Crippen LogP contribution in [0.25, 0.3) is 0 Å². The van der Waals surface area contributed by atoms with E-state index in [0.717, 1.165) is 58.0 Å². The van der Waals surface area contributed by atoms with Crippen LogP contribution in [0.3, 0.4) is 0 Å². The molecule has 3 fully saturated rings. The number of piperidine rings is 1. The van der Waals surface area contributed by atoms with Crippen LogP contribution in [0.2, 0.25) is 0 Å². The second-order valence-electron chi connectivity index (χ2n) is 7.17. The van der Waals surface area contributed by atoms with Gasteiger partial charge < -0.3 is 10.2 Å². The molecule has 0 aromatic heterocycles. The highest BCUT2D eigenvalue weighted by Gasteiger charge is 2.29. The van der Waals surface area contributed by atoms with E-state index in [1.807, 2.05) is 0 Å². The molecule has 0 radical (unpaired) electrons.